The van der Waals surface area contributed by atoms with Gasteiger partial charge in [0, 0.05) is 11.8 Å². The highest BCUT2D eigenvalue weighted by molar-refractivity contribution is 6.26. The zero-order valence-electron chi connectivity index (χ0n) is 15.9. The lowest BCUT2D eigenvalue weighted by Gasteiger charge is -2.44. The van der Waals surface area contributed by atoms with E-state index < -0.39 is 35.5 Å². The van der Waals surface area contributed by atoms with Gasteiger partial charge in [-0.25, -0.2) is 0 Å². The molecule has 2 aliphatic heterocycles. The molecule has 148 valence electrons. The topological polar surface area (TPSA) is 74.8 Å². The number of para-hydroxylation sites is 2. The van der Waals surface area contributed by atoms with Crippen LogP contribution in [0, 0.1) is 35.5 Å². The summed E-state index contributed by atoms with van der Waals surface area (Å²) >= 11 is 0. The molecule has 6 nitrogen and oxygen atoms in total. The second-order valence-electron chi connectivity index (χ2n) is 8.34. The molecular weight excluding hydrogens is 380 g/mol. The average Bonchev–Trinajstić information content (AvgIpc) is 3.22. The van der Waals surface area contributed by atoms with Gasteiger partial charge in [0.25, 0.3) is 0 Å². The molecule has 5 aliphatic rings. The highest BCUT2D eigenvalue weighted by atomic mass is 16.2. The summed E-state index contributed by atoms with van der Waals surface area (Å²) in [5, 5.41) is 0. The predicted molar refractivity (Wildman–Crippen MR) is 108 cm³/mol. The van der Waals surface area contributed by atoms with Crippen LogP contribution in [0.3, 0.4) is 0 Å². The molecule has 3 fully saturated rings. The van der Waals surface area contributed by atoms with E-state index in [2.05, 4.69) is 0 Å². The number of anilines is 2. The molecule has 2 unspecified atom stereocenters. The Labute approximate surface area is 172 Å². The van der Waals surface area contributed by atoms with Gasteiger partial charge in [0.15, 0.2) is 0 Å². The van der Waals surface area contributed by atoms with E-state index in [4.69, 9.17) is 0 Å². The molecule has 0 spiro atoms. The van der Waals surface area contributed by atoms with Crippen molar-refractivity contribution in [1.82, 2.24) is 0 Å². The molecule has 0 radical (unpaired) electrons. The lowest BCUT2D eigenvalue weighted by molar-refractivity contribution is -0.137. The summed E-state index contributed by atoms with van der Waals surface area (Å²) in [6.07, 6.45) is 3.76. The molecule has 6 atom stereocenters. The van der Waals surface area contributed by atoms with E-state index in [0.29, 0.717) is 11.4 Å². The quantitative estimate of drug-likeness (QED) is 0.575. The summed E-state index contributed by atoms with van der Waals surface area (Å²) in [7, 11) is 0. The molecular formula is C24H18N2O4. The third-order valence-electron chi connectivity index (χ3n) is 7.04. The fraction of sp³-hybridized carbons (Fsp3) is 0.250. The van der Waals surface area contributed by atoms with Crippen molar-refractivity contribution >= 4 is 35.0 Å². The molecule has 0 aromatic heterocycles. The number of carbonyl (C=O) groups is 4. The second kappa shape index (κ2) is 5.98. The largest absolute Gasteiger partial charge is 0.274 e. The number of imide groups is 2. The highest BCUT2D eigenvalue weighted by Gasteiger charge is 2.68. The van der Waals surface area contributed by atoms with Gasteiger partial charge in [-0.3, -0.25) is 29.0 Å². The number of hydrogen-bond acceptors (Lipinski definition) is 4. The average molecular weight is 398 g/mol. The first-order chi connectivity index (χ1) is 14.6. The first kappa shape index (κ1) is 17.3. The van der Waals surface area contributed by atoms with Crippen molar-refractivity contribution in [3.8, 4) is 0 Å². The highest BCUT2D eigenvalue weighted by Crippen LogP contribution is 2.58. The first-order valence-electron chi connectivity index (χ1n) is 10.1. The van der Waals surface area contributed by atoms with Gasteiger partial charge in [0.05, 0.1) is 35.0 Å². The van der Waals surface area contributed by atoms with E-state index >= 15 is 0 Å². The fourth-order valence-electron chi connectivity index (χ4n) is 5.89. The zero-order valence-corrected chi connectivity index (χ0v) is 15.9. The number of allylic oxidation sites excluding steroid dienone is 2. The van der Waals surface area contributed by atoms with Gasteiger partial charge in [-0.2, -0.15) is 0 Å². The molecule has 1 saturated carbocycles. The monoisotopic (exact) mass is 398 g/mol. The van der Waals surface area contributed by atoms with E-state index in [1.807, 2.05) is 24.3 Å². The third-order valence-corrected chi connectivity index (χ3v) is 7.04. The second-order valence-corrected chi connectivity index (χ2v) is 8.34. The van der Waals surface area contributed by atoms with Gasteiger partial charge in [-0.15, -0.1) is 0 Å². The Balaban J connectivity index is 1.42. The summed E-state index contributed by atoms with van der Waals surface area (Å²) in [4.78, 5) is 55.8. The Kier molecular flexibility index (Phi) is 3.46. The summed E-state index contributed by atoms with van der Waals surface area (Å²) in [6, 6.07) is 17.7. The molecule has 2 aromatic rings. The number of carbonyl (C=O) groups excluding carboxylic acids is 4. The van der Waals surface area contributed by atoms with Crippen LogP contribution in [0.4, 0.5) is 11.4 Å². The molecule has 4 amide bonds. The van der Waals surface area contributed by atoms with Crippen LogP contribution in [0.15, 0.2) is 72.8 Å². The van der Waals surface area contributed by atoms with Gasteiger partial charge in [0.2, 0.25) is 23.6 Å². The van der Waals surface area contributed by atoms with Crippen LogP contribution < -0.4 is 9.80 Å². The molecule has 2 saturated heterocycles. The van der Waals surface area contributed by atoms with Crippen molar-refractivity contribution in [2.45, 2.75) is 0 Å². The molecule has 30 heavy (non-hydrogen) atoms. The van der Waals surface area contributed by atoms with E-state index in [1.165, 1.54) is 9.80 Å². The molecule has 2 aromatic carbocycles. The number of amides is 4. The third kappa shape index (κ3) is 2.03. The van der Waals surface area contributed by atoms with Crippen LogP contribution >= 0.6 is 0 Å². The lowest BCUT2D eigenvalue weighted by Crippen LogP contribution is -2.50. The van der Waals surface area contributed by atoms with Crippen LogP contribution in [0.1, 0.15) is 0 Å². The maximum absolute atomic E-state index is 13.3. The predicted octanol–water partition coefficient (Wildman–Crippen LogP) is 2.41. The Morgan fingerprint density at radius 3 is 1.07 bits per heavy atom. The molecule has 0 N–H and O–H groups in total. The Hall–Kier alpha value is -3.54. The standard InChI is InChI=1S/C24H18N2O4/c27-21-17-15-11-12-16(18(17)22(28)25(21)13-7-3-1-4-8-13)20-19(15)23(29)26(24(20)30)14-9-5-2-6-10-14/h1-12,15-20H/t15?,16?,17-,18-,19+,20+. The van der Waals surface area contributed by atoms with Crippen LogP contribution in [0.5, 0.6) is 0 Å². The van der Waals surface area contributed by atoms with Gasteiger partial charge in [0.1, 0.15) is 0 Å². The summed E-state index contributed by atoms with van der Waals surface area (Å²) in [5.74, 6) is -4.36. The SMILES string of the molecule is O=C1[C@@H]2C3C=CC([C@H]2C(=O)N1c1ccccc1)[C@@H]1C(=O)N(c2ccccc2)C(=O)[C@@H]31. The van der Waals surface area contributed by atoms with E-state index in [1.54, 1.807) is 48.5 Å². The van der Waals surface area contributed by atoms with Crippen molar-refractivity contribution in [2.24, 2.45) is 35.5 Å². The molecule has 2 heterocycles. The Morgan fingerprint density at radius 1 is 0.467 bits per heavy atom. The van der Waals surface area contributed by atoms with Crippen molar-refractivity contribution in [1.29, 1.82) is 0 Å². The van der Waals surface area contributed by atoms with Gasteiger partial charge >= 0.3 is 0 Å². The first-order valence-corrected chi connectivity index (χ1v) is 10.1. The minimum Gasteiger partial charge on any atom is -0.274 e. The maximum Gasteiger partial charge on any atom is 0.238 e. The Bertz CT molecular complexity index is 993. The van der Waals surface area contributed by atoms with Crippen molar-refractivity contribution in [3.05, 3.63) is 72.8 Å². The van der Waals surface area contributed by atoms with E-state index in [-0.39, 0.29) is 23.6 Å². The summed E-state index contributed by atoms with van der Waals surface area (Å²) in [5.41, 5.74) is 1.07. The number of benzene rings is 2. The maximum atomic E-state index is 13.3. The molecule has 6 heteroatoms. The van der Waals surface area contributed by atoms with Crippen LogP contribution in [0.25, 0.3) is 0 Å². The van der Waals surface area contributed by atoms with Crippen molar-refractivity contribution in [3.63, 3.8) is 0 Å². The van der Waals surface area contributed by atoms with Gasteiger partial charge in [-0.1, -0.05) is 48.6 Å². The smallest absolute Gasteiger partial charge is 0.238 e. The van der Waals surface area contributed by atoms with Gasteiger partial charge < -0.3 is 0 Å². The number of nitrogens with zero attached hydrogens (tertiary/aromatic N) is 2. The van der Waals surface area contributed by atoms with E-state index in [0.717, 1.165) is 0 Å². The zero-order chi connectivity index (χ0) is 20.6. The minimum absolute atomic E-state index is 0.271. The summed E-state index contributed by atoms with van der Waals surface area (Å²) < 4.78 is 0. The Morgan fingerprint density at radius 2 is 0.767 bits per heavy atom. The van der Waals surface area contributed by atoms with E-state index in [9.17, 15) is 19.2 Å². The lowest BCUT2D eigenvalue weighted by atomic mass is 9.54. The van der Waals surface area contributed by atoms with Crippen molar-refractivity contribution < 1.29 is 19.2 Å². The summed E-state index contributed by atoms with van der Waals surface area (Å²) in [6.45, 7) is 0. The normalized spacial score (nSPS) is 34.0. The van der Waals surface area contributed by atoms with Crippen LogP contribution in [-0.4, -0.2) is 23.6 Å². The van der Waals surface area contributed by atoms with Crippen LogP contribution in [0.2, 0.25) is 0 Å². The van der Waals surface area contributed by atoms with Crippen LogP contribution in [-0.2, 0) is 19.2 Å². The molecule has 2 bridgehead atoms. The van der Waals surface area contributed by atoms with Gasteiger partial charge in [-0.05, 0) is 24.3 Å². The minimum atomic E-state index is -0.596. The van der Waals surface area contributed by atoms with Crippen molar-refractivity contribution in [2.75, 3.05) is 9.80 Å². The molecule has 3 aliphatic carbocycles. The number of hydrogen-bond donors (Lipinski definition) is 0. The fourth-order valence-corrected chi connectivity index (χ4v) is 5.89. The number of rotatable bonds is 2. The molecule has 7 rings (SSSR count).